The van der Waals surface area contributed by atoms with Crippen LogP contribution in [-0.2, 0) is 51.8 Å². The molecule has 0 aliphatic carbocycles. The lowest BCUT2D eigenvalue weighted by atomic mass is 10.1. The first-order chi connectivity index (χ1) is 39.1. The van der Waals surface area contributed by atoms with Gasteiger partial charge in [0.15, 0.2) is 24.7 Å². The molecule has 3 saturated heterocycles. The van der Waals surface area contributed by atoms with Gasteiger partial charge in [-0.3, -0.25) is 52.7 Å². The molecule has 8 atom stereocenters. The predicted octanol–water partition coefficient (Wildman–Crippen LogP) is 0.548. The van der Waals surface area contributed by atoms with Crippen LogP contribution in [0.2, 0.25) is 33.2 Å². The zero-order chi connectivity index (χ0) is 62.1. The summed E-state index contributed by atoms with van der Waals surface area (Å²) >= 11 is 0. The van der Waals surface area contributed by atoms with Crippen LogP contribution in [0.15, 0.2) is 55.5 Å². The molecule has 5 rings (SSSR count). The zero-order valence-corrected chi connectivity index (χ0v) is 55.7. The molecule has 0 spiro atoms. The number of ketones is 1. The molecule has 0 radical (unpaired) electrons. The molecule has 2 unspecified atom stereocenters. The average molecular weight is 1280 g/mol. The number of unbranched alkanes of at least 4 members (excludes halogenated alkanes) is 2. The van der Waals surface area contributed by atoms with Gasteiger partial charge in [0.2, 0.25) is 28.4 Å². The third-order valence-electron chi connectivity index (χ3n) is 16.4. The molecule has 5 N–H and O–H groups in total. The summed E-state index contributed by atoms with van der Waals surface area (Å²) in [5.74, 6) is -1.62. The lowest BCUT2D eigenvalue weighted by molar-refractivity contribution is -0.157. The van der Waals surface area contributed by atoms with Crippen LogP contribution >= 0.6 is 0 Å². The van der Waals surface area contributed by atoms with E-state index >= 15 is 0 Å². The number of H-pyrrole nitrogens is 2. The van der Waals surface area contributed by atoms with Gasteiger partial charge in [-0.2, -0.15) is 0 Å². The maximum Gasteiger partial charge on any atom is 0.330 e. The first-order valence-electron chi connectivity index (χ1n) is 29.8. The molecule has 23 nitrogen and oxygen atoms in total. The van der Waals surface area contributed by atoms with Gasteiger partial charge in [0.05, 0.1) is 26.1 Å². The maximum atomic E-state index is 13.2. The Bertz CT molecular complexity index is 2710. The number of aliphatic hydroxyl groups is 2. The summed E-state index contributed by atoms with van der Waals surface area (Å²) in [7, 11) is -5.23. The summed E-state index contributed by atoms with van der Waals surface area (Å²) in [6, 6.07) is 2.40. The lowest BCUT2D eigenvalue weighted by Crippen LogP contribution is -3.00. The predicted molar refractivity (Wildman–Crippen MR) is 316 cm³/mol. The number of likely N-dealkylation sites (tertiary alicyclic amines) is 1. The van der Waals surface area contributed by atoms with Crippen LogP contribution in [0, 0.1) is 0 Å². The fourth-order valence-electron chi connectivity index (χ4n) is 12.4. The fraction of sp³-hybridized carbons (Fsp3) is 0.741. The first kappa shape index (κ1) is 76.5. The van der Waals surface area contributed by atoms with E-state index in [0.717, 1.165) is 31.4 Å². The second kappa shape index (κ2) is 35.4. The van der Waals surface area contributed by atoms with Gasteiger partial charge in [0.1, 0.15) is 30.2 Å². The number of halogens is 2. The van der Waals surface area contributed by atoms with Crippen LogP contribution < -0.4 is 52.6 Å². The van der Waals surface area contributed by atoms with Gasteiger partial charge in [-0.1, -0.05) is 116 Å². The number of ether oxygens (including phenoxy) is 4. The van der Waals surface area contributed by atoms with E-state index in [0.29, 0.717) is 25.9 Å². The smallest absolute Gasteiger partial charge is 0.330 e. The minimum Gasteiger partial charge on any atom is -1.00 e. The van der Waals surface area contributed by atoms with Gasteiger partial charge in [-0.25, -0.2) is 9.59 Å². The Morgan fingerprint density at radius 2 is 1.05 bits per heavy atom. The first-order valence-corrected chi connectivity index (χ1v) is 34.1. The van der Waals surface area contributed by atoms with E-state index in [1.165, 1.54) is 33.7 Å². The molecule has 27 heteroatoms. The topological polar surface area (TPSA) is 306 Å². The van der Waals surface area contributed by atoms with E-state index in [-0.39, 0.29) is 108 Å². The number of hydrogen-bond acceptors (Lipinski definition) is 17. The molecule has 484 valence electrons. The van der Waals surface area contributed by atoms with Crippen LogP contribution in [0.3, 0.4) is 0 Å². The summed E-state index contributed by atoms with van der Waals surface area (Å²) in [5, 5.41) is 23.2. The highest BCUT2D eigenvalue weighted by Crippen LogP contribution is 2.48. The normalized spacial score (nSPS) is 22.1. The SMILES string of the molecule is CCCCN1C(=O)CCC1=CCC(=O)OC1[C@@H](CO)O[C@@H](n2ccc(=O)[nH]c2=O)[C@H]1O[Si](C(C)C)(C(C)C)C(C)C.CCCCNC(=O)CCC(=O)CCC(=O)OC1[C@@H](CO)O[C@@H](n2ccc(=O)[nH]c2=O)[C@H]1O[Si](C(C)C)(C(C)C)C(C)C.[Cl-].[Cl-]. The van der Waals surface area contributed by atoms with E-state index in [1.807, 2.05) is 6.92 Å². The van der Waals surface area contributed by atoms with Crippen LogP contribution in [0.4, 0.5) is 0 Å². The highest BCUT2D eigenvalue weighted by Gasteiger charge is 2.57. The number of aromatic amines is 2. The largest absolute Gasteiger partial charge is 1.00 e. The number of aromatic nitrogens is 4. The summed E-state index contributed by atoms with van der Waals surface area (Å²) in [4.78, 5) is 118. The highest BCUT2D eigenvalue weighted by molar-refractivity contribution is 6.78. The molecule has 2 amide bonds. The second-order valence-electron chi connectivity index (χ2n) is 23.8. The second-order valence-corrected chi connectivity index (χ2v) is 34.6. The Kier molecular flexibility index (Phi) is 31.9. The molecule has 2 aromatic heterocycles. The summed E-state index contributed by atoms with van der Waals surface area (Å²) in [5.41, 5.74) is -0.745. The Hall–Kier alpha value is -4.58. The number of esters is 2. The van der Waals surface area contributed by atoms with Crippen molar-refractivity contribution in [3.63, 3.8) is 0 Å². The number of nitrogens with zero attached hydrogens (tertiary/aromatic N) is 3. The van der Waals surface area contributed by atoms with Crippen molar-refractivity contribution in [3.8, 4) is 0 Å². The van der Waals surface area contributed by atoms with Crippen LogP contribution in [0.5, 0.6) is 0 Å². The van der Waals surface area contributed by atoms with Crippen molar-refractivity contribution >= 4 is 46.2 Å². The lowest BCUT2D eigenvalue weighted by Gasteiger charge is -2.45. The number of carbonyl (C=O) groups excluding carboxylic acids is 5. The monoisotopic (exact) mass is 1270 g/mol. The van der Waals surface area contributed by atoms with Crippen LogP contribution in [0.25, 0.3) is 0 Å². The van der Waals surface area contributed by atoms with E-state index in [2.05, 4.69) is 105 Å². The molecule has 85 heavy (non-hydrogen) atoms. The van der Waals surface area contributed by atoms with Crippen molar-refractivity contribution < 1.29 is 86.8 Å². The Morgan fingerprint density at radius 1 is 0.624 bits per heavy atom. The van der Waals surface area contributed by atoms with E-state index in [1.54, 1.807) is 11.0 Å². The van der Waals surface area contributed by atoms with Gasteiger partial charge in [-0.15, -0.1) is 0 Å². The summed E-state index contributed by atoms with van der Waals surface area (Å²) in [6.07, 6.45) is 0.686. The van der Waals surface area contributed by atoms with Crippen molar-refractivity contribution in [2.24, 2.45) is 0 Å². The quantitative estimate of drug-likeness (QED) is 0.0405. The Labute approximate surface area is 514 Å². The molecular formula is C58H96Cl2N6O17Si2-2. The zero-order valence-electron chi connectivity index (χ0n) is 52.2. The van der Waals surface area contributed by atoms with Gasteiger partial charge in [-0.05, 0) is 52.5 Å². The molecule has 2 aromatic rings. The number of carbonyl (C=O) groups is 5. The van der Waals surface area contributed by atoms with Gasteiger partial charge >= 0.3 is 23.3 Å². The van der Waals surface area contributed by atoms with Crippen LogP contribution in [0.1, 0.15) is 180 Å². The molecule has 3 aliphatic rings. The fourth-order valence-corrected chi connectivity index (χ4v) is 23.5. The third kappa shape index (κ3) is 19.5. The van der Waals surface area contributed by atoms with Crippen molar-refractivity contribution in [2.45, 2.75) is 250 Å². The minimum atomic E-state index is -2.63. The highest BCUT2D eigenvalue weighted by atomic mass is 35.5. The van der Waals surface area contributed by atoms with Crippen molar-refractivity contribution in [1.82, 2.24) is 29.3 Å². The number of hydrogen-bond donors (Lipinski definition) is 5. The maximum absolute atomic E-state index is 13.2. The summed E-state index contributed by atoms with van der Waals surface area (Å²) < 4.78 is 40.4. The molecule has 3 aliphatic heterocycles. The Balaban J connectivity index is 0.000000567. The number of Topliss-reactive ketones (excluding diaryl/α,β-unsaturated/α-hetero) is 1. The van der Waals surface area contributed by atoms with Crippen molar-refractivity contribution in [1.29, 1.82) is 0 Å². The number of amides is 2. The van der Waals surface area contributed by atoms with E-state index in [4.69, 9.17) is 27.8 Å². The standard InChI is InChI=1S/C29H49N3O9Si.C29H47N3O8Si.2ClH/c1-8-9-15-30-23(35)12-10-21(34)11-13-25(37)40-26-22(17-33)39-28(32-16-14-24(36)31-29(32)38)27(26)41-42(18(2)3,19(4)5)20(6)7;1-8-9-15-31-21(10-12-24(31)35)11-13-25(36)39-26-22(17-33)38-28(32-16-14-23(34)30-29(32)37)27(26)40-41(18(2)3,19(4)5)20(6)7;;/h14,16,18-20,22,26-28,33H,8-13,15,17H2,1-7H3,(H,30,35)(H,31,36,38);11,14,16,18-20,22,26-28,33H,8-10,12-13,15,17H2,1-7H3,(H,30,34,37);2*1H/p-2/t2*22-,26?,27+,28-;;/m11../s1. The molecule has 0 bridgehead atoms. The van der Waals surface area contributed by atoms with Crippen LogP contribution in [-0.4, -0.2) is 143 Å². The number of nitrogens with one attached hydrogen (secondary N) is 3. The third-order valence-corrected chi connectivity index (χ3v) is 28.6. The molecule has 0 saturated carbocycles. The molecular weight excluding hydrogens is 1180 g/mol. The minimum absolute atomic E-state index is 0. The molecule has 0 aromatic carbocycles. The van der Waals surface area contributed by atoms with Crippen molar-refractivity contribution in [3.05, 3.63) is 78.0 Å². The van der Waals surface area contributed by atoms with E-state index in [9.17, 15) is 53.4 Å². The van der Waals surface area contributed by atoms with Gasteiger partial charge < -0.3 is 73.0 Å². The van der Waals surface area contributed by atoms with Gasteiger partial charge in [0, 0.05) is 69.0 Å². The Morgan fingerprint density at radius 3 is 1.45 bits per heavy atom. The number of aliphatic hydroxyl groups excluding tert-OH is 2. The molecule has 5 heterocycles. The molecule has 3 fully saturated rings. The average Bonchev–Trinajstić information content (AvgIpc) is 1.85. The van der Waals surface area contributed by atoms with E-state index < -0.39 is 113 Å². The number of allylic oxidation sites excluding steroid dienone is 1. The van der Waals surface area contributed by atoms with Gasteiger partial charge in [0.25, 0.3) is 11.1 Å². The number of rotatable bonds is 30. The summed E-state index contributed by atoms with van der Waals surface area (Å²) in [6.45, 7) is 29.5. The van der Waals surface area contributed by atoms with Crippen molar-refractivity contribution in [2.75, 3.05) is 26.3 Å².